The van der Waals surface area contributed by atoms with Crippen LogP contribution in [-0.2, 0) is 0 Å². The predicted octanol–water partition coefficient (Wildman–Crippen LogP) is 0.193. The number of nitrogens with zero attached hydrogens (tertiary/aromatic N) is 2. The van der Waals surface area contributed by atoms with E-state index >= 15 is 0 Å². The maximum Gasteiger partial charge on any atom is 0.267 e. The zero-order valence-electron chi connectivity index (χ0n) is 15.1. The number of aromatic nitrogens is 1. The second-order valence-corrected chi connectivity index (χ2v) is 7.05. The van der Waals surface area contributed by atoms with Gasteiger partial charge in [-0.3, -0.25) is 15.1 Å². The molecule has 2 aromatic rings. The van der Waals surface area contributed by atoms with Gasteiger partial charge in [0.25, 0.3) is 5.91 Å². The van der Waals surface area contributed by atoms with Gasteiger partial charge in [0.05, 0.1) is 6.54 Å². The largest absolute Gasteiger partial charge is 0.490 e. The van der Waals surface area contributed by atoms with Crippen molar-refractivity contribution >= 4 is 22.4 Å². The molecular weight excluding hydrogens is 346 g/mol. The molecule has 144 valence electrons. The van der Waals surface area contributed by atoms with Crippen LogP contribution in [0.25, 0.3) is 10.8 Å². The molecule has 0 radical (unpaired) electrons. The Hall–Kier alpha value is -2.42. The van der Waals surface area contributed by atoms with Gasteiger partial charge in [-0.05, 0) is 44.1 Å². The van der Waals surface area contributed by atoms with E-state index < -0.39 is 12.1 Å². The minimum absolute atomic E-state index is 0.164. The number of carbonyl (C=O) groups is 1. The van der Waals surface area contributed by atoms with Crippen LogP contribution in [-0.4, -0.2) is 61.1 Å². The van der Waals surface area contributed by atoms with Crippen molar-refractivity contribution in [3.05, 3.63) is 30.1 Å². The third-order valence-electron chi connectivity index (χ3n) is 5.17. The lowest BCUT2D eigenvalue weighted by atomic mass is 10.1. The van der Waals surface area contributed by atoms with E-state index in [1.165, 1.54) is 0 Å². The molecule has 8 nitrogen and oxygen atoms in total. The normalized spacial score (nSPS) is 21.4. The van der Waals surface area contributed by atoms with Crippen LogP contribution in [0, 0.1) is 0 Å². The Balaban J connectivity index is 1.75. The van der Waals surface area contributed by atoms with Crippen molar-refractivity contribution in [3.63, 3.8) is 0 Å². The van der Waals surface area contributed by atoms with E-state index in [1.54, 1.807) is 12.3 Å². The van der Waals surface area contributed by atoms with Gasteiger partial charge in [0.1, 0.15) is 23.8 Å². The Bertz CT molecular complexity index is 837. The number of anilines is 1. The number of nitrogens with one attached hydrogen (secondary N) is 2. The van der Waals surface area contributed by atoms with Gasteiger partial charge >= 0.3 is 0 Å². The van der Waals surface area contributed by atoms with Crippen molar-refractivity contribution in [2.24, 2.45) is 5.73 Å². The number of ether oxygens (including phenoxy) is 1. The molecule has 3 heterocycles. The number of hydrogen-bond donors (Lipinski definition) is 4. The van der Waals surface area contributed by atoms with Crippen LogP contribution >= 0.6 is 0 Å². The van der Waals surface area contributed by atoms with E-state index in [-0.39, 0.29) is 11.8 Å². The van der Waals surface area contributed by atoms with Gasteiger partial charge in [0.15, 0.2) is 0 Å². The molecule has 2 saturated heterocycles. The zero-order chi connectivity index (χ0) is 18.8. The van der Waals surface area contributed by atoms with E-state index in [4.69, 9.17) is 10.5 Å². The first kappa shape index (κ1) is 18.0. The van der Waals surface area contributed by atoms with Gasteiger partial charge in [-0.25, -0.2) is 0 Å². The summed E-state index contributed by atoms with van der Waals surface area (Å²) in [5, 5.41) is 18.0. The van der Waals surface area contributed by atoms with Crippen molar-refractivity contribution in [3.8, 4) is 5.75 Å². The van der Waals surface area contributed by atoms with Gasteiger partial charge in [0.2, 0.25) is 0 Å². The highest BCUT2D eigenvalue weighted by atomic mass is 16.5. The second-order valence-electron chi connectivity index (χ2n) is 7.05. The number of nitrogens with two attached hydrogens (primary N) is 1. The van der Waals surface area contributed by atoms with Crippen molar-refractivity contribution in [2.75, 3.05) is 37.6 Å². The maximum atomic E-state index is 11.6. The molecule has 27 heavy (non-hydrogen) atoms. The molecule has 0 bridgehead atoms. The fourth-order valence-electron chi connectivity index (χ4n) is 3.75. The molecule has 0 spiro atoms. The average Bonchev–Trinajstić information content (AvgIpc) is 2.68. The molecule has 0 saturated carbocycles. The lowest BCUT2D eigenvalue weighted by Gasteiger charge is -2.34. The number of carbonyl (C=O) groups excluding carboxylic acids is 1. The third kappa shape index (κ3) is 3.83. The molecule has 1 unspecified atom stereocenters. The van der Waals surface area contributed by atoms with Crippen LogP contribution in [0.2, 0.25) is 0 Å². The number of primary amides is 1. The van der Waals surface area contributed by atoms with E-state index in [2.05, 4.69) is 20.5 Å². The summed E-state index contributed by atoms with van der Waals surface area (Å²) >= 11 is 0. The molecule has 4 rings (SSSR count). The highest BCUT2D eigenvalue weighted by molar-refractivity contribution is 6.02. The second kappa shape index (κ2) is 7.67. The molecule has 0 aliphatic carbocycles. The number of piperidine rings is 1. The number of hydrogen-bond acceptors (Lipinski definition) is 7. The van der Waals surface area contributed by atoms with Crippen molar-refractivity contribution in [1.82, 2.24) is 15.6 Å². The van der Waals surface area contributed by atoms with Crippen molar-refractivity contribution in [1.29, 1.82) is 0 Å². The maximum absolute atomic E-state index is 11.6. The molecule has 8 heteroatoms. The fourth-order valence-corrected chi connectivity index (χ4v) is 3.75. The van der Waals surface area contributed by atoms with Gasteiger partial charge in [0, 0.05) is 35.7 Å². The molecular formula is C19H25N5O3. The Morgan fingerprint density at radius 3 is 2.81 bits per heavy atom. The van der Waals surface area contributed by atoms with Gasteiger partial charge in [-0.1, -0.05) is 0 Å². The molecule has 5 N–H and O–H groups in total. The Morgan fingerprint density at radius 1 is 1.26 bits per heavy atom. The number of piperazine rings is 1. The summed E-state index contributed by atoms with van der Waals surface area (Å²) < 4.78 is 6.26. The quantitative estimate of drug-likeness (QED) is 0.607. The lowest BCUT2D eigenvalue weighted by Crippen LogP contribution is -2.50. The zero-order valence-corrected chi connectivity index (χ0v) is 15.1. The summed E-state index contributed by atoms with van der Waals surface area (Å²) in [6.07, 6.45) is 3.16. The minimum atomic E-state index is -0.586. The van der Waals surface area contributed by atoms with Gasteiger partial charge in [-0.2, -0.15) is 0 Å². The number of rotatable bonds is 4. The van der Waals surface area contributed by atoms with Crippen LogP contribution in [0.5, 0.6) is 5.75 Å². The van der Waals surface area contributed by atoms with E-state index in [0.29, 0.717) is 13.1 Å². The number of aliphatic hydroxyl groups excluding tert-OH is 1. The van der Waals surface area contributed by atoms with E-state index in [1.807, 2.05) is 12.1 Å². The molecule has 2 aliphatic rings. The molecule has 1 atom stereocenters. The fraction of sp³-hybridized carbons (Fsp3) is 0.474. The lowest BCUT2D eigenvalue weighted by molar-refractivity contribution is 0.0995. The number of amides is 1. The summed E-state index contributed by atoms with van der Waals surface area (Å²) in [6.45, 7) is 3.81. The Kier molecular flexibility index (Phi) is 5.11. The number of pyridine rings is 1. The summed E-state index contributed by atoms with van der Waals surface area (Å²) in [7, 11) is 0. The Labute approximate surface area is 157 Å². The van der Waals surface area contributed by atoms with Crippen LogP contribution in [0.4, 0.5) is 5.69 Å². The monoisotopic (exact) mass is 371 g/mol. The highest BCUT2D eigenvalue weighted by Crippen LogP contribution is 2.35. The van der Waals surface area contributed by atoms with Crippen LogP contribution in [0.1, 0.15) is 23.3 Å². The summed E-state index contributed by atoms with van der Waals surface area (Å²) in [5.74, 6) is 0.202. The smallest absolute Gasteiger partial charge is 0.267 e. The first-order valence-electron chi connectivity index (χ1n) is 9.38. The molecule has 2 fully saturated rings. The first-order valence-corrected chi connectivity index (χ1v) is 9.38. The van der Waals surface area contributed by atoms with Crippen molar-refractivity contribution in [2.45, 2.75) is 25.2 Å². The van der Waals surface area contributed by atoms with Crippen LogP contribution < -0.4 is 26.0 Å². The summed E-state index contributed by atoms with van der Waals surface area (Å²) in [4.78, 5) is 18.0. The molecule has 1 amide bonds. The van der Waals surface area contributed by atoms with Crippen LogP contribution in [0.15, 0.2) is 24.4 Å². The third-order valence-corrected chi connectivity index (χ3v) is 5.17. The van der Waals surface area contributed by atoms with Gasteiger partial charge < -0.3 is 25.8 Å². The Morgan fingerprint density at radius 2 is 2.07 bits per heavy atom. The summed E-state index contributed by atoms with van der Waals surface area (Å²) in [6, 6.07) is 5.66. The number of fused-ring (bicyclic) bond motifs is 1. The molecule has 1 aromatic carbocycles. The number of aliphatic hydroxyl groups is 1. The summed E-state index contributed by atoms with van der Waals surface area (Å²) in [5.41, 5.74) is 6.60. The van der Waals surface area contributed by atoms with Gasteiger partial charge in [-0.15, -0.1) is 0 Å². The van der Waals surface area contributed by atoms with E-state index in [9.17, 15) is 9.90 Å². The number of β-amino-alcohol motifs (C(OH)–C–C–N with tert-alkyl or cyclic N) is 1. The first-order chi connectivity index (χ1) is 13.1. The topological polar surface area (TPSA) is 113 Å². The minimum Gasteiger partial charge on any atom is -0.490 e. The predicted molar refractivity (Wildman–Crippen MR) is 103 cm³/mol. The number of benzene rings is 1. The molecule has 1 aromatic heterocycles. The standard InChI is InChI=1S/C19H25N5O3/c20-19(26)15-9-13-14(10-23-15)17(27-12-3-5-21-6-4-12)2-1-16(13)24-8-7-22-18(25)11-24/h1-2,9-10,12,18,21-22,25H,3-8,11H2,(H2,20,26). The van der Waals surface area contributed by atoms with Crippen LogP contribution in [0.3, 0.4) is 0 Å². The van der Waals surface area contributed by atoms with Crippen molar-refractivity contribution < 1.29 is 14.6 Å². The molecule has 2 aliphatic heterocycles. The average molecular weight is 371 g/mol. The SMILES string of the molecule is NC(=O)c1cc2c(N3CCNC(O)C3)ccc(OC3CCNCC3)c2cn1. The highest BCUT2D eigenvalue weighted by Gasteiger charge is 2.22. The van der Waals surface area contributed by atoms with E-state index in [0.717, 1.165) is 54.7 Å².